The van der Waals surface area contributed by atoms with Crippen LogP contribution in [0.3, 0.4) is 0 Å². The first-order valence-electron chi connectivity index (χ1n) is 10.2. The Balaban J connectivity index is 1.86. The molecule has 0 saturated heterocycles. The molecule has 3 rings (SSSR count). The Hall–Kier alpha value is -4.21. The largest absolute Gasteiger partial charge is 0.206 e. The van der Waals surface area contributed by atoms with Crippen LogP contribution in [0.15, 0.2) is 47.5 Å². The van der Waals surface area contributed by atoms with Crippen LogP contribution >= 0.6 is 12.2 Å². The smallest absolute Gasteiger partial charge is 0.153 e. The predicted octanol–water partition coefficient (Wildman–Crippen LogP) is 7.07. The van der Waals surface area contributed by atoms with Crippen LogP contribution < -0.4 is 0 Å². The number of rotatable bonds is 2. The van der Waals surface area contributed by atoms with Crippen LogP contribution in [0.5, 0.6) is 0 Å². The lowest BCUT2D eigenvalue weighted by atomic mass is 10.1. The Bertz CT molecular complexity index is 1490. The molecule has 35 heavy (non-hydrogen) atoms. The van der Waals surface area contributed by atoms with Crippen molar-refractivity contribution in [1.82, 2.24) is 0 Å². The van der Waals surface area contributed by atoms with Crippen LogP contribution in [0, 0.1) is 64.6 Å². The van der Waals surface area contributed by atoms with Gasteiger partial charge < -0.3 is 0 Å². The molecule has 3 aromatic carbocycles. The van der Waals surface area contributed by atoms with Crippen LogP contribution in [0.2, 0.25) is 0 Å². The van der Waals surface area contributed by atoms with Gasteiger partial charge in [-0.25, -0.2) is 22.0 Å². The number of benzene rings is 3. The van der Waals surface area contributed by atoms with E-state index in [-0.39, 0.29) is 16.7 Å². The second-order valence-corrected chi connectivity index (χ2v) is 7.24. The highest BCUT2D eigenvalue weighted by Gasteiger charge is 2.11. The molecule has 0 saturated carbocycles. The number of isothiocyanates is 1. The summed E-state index contributed by atoms with van der Waals surface area (Å²) < 4.78 is 71.0. The van der Waals surface area contributed by atoms with Gasteiger partial charge in [-0.1, -0.05) is 42.4 Å². The van der Waals surface area contributed by atoms with Crippen molar-refractivity contribution in [2.75, 3.05) is 0 Å². The van der Waals surface area contributed by atoms with Gasteiger partial charge in [0, 0.05) is 23.1 Å². The van der Waals surface area contributed by atoms with Gasteiger partial charge in [0.2, 0.25) is 0 Å². The van der Waals surface area contributed by atoms with Crippen molar-refractivity contribution in [2.45, 2.75) is 19.8 Å². The molecule has 0 radical (unpaired) electrons. The Labute approximate surface area is 204 Å². The van der Waals surface area contributed by atoms with E-state index in [9.17, 15) is 22.0 Å². The highest BCUT2D eigenvalue weighted by molar-refractivity contribution is 7.78. The van der Waals surface area contributed by atoms with Gasteiger partial charge >= 0.3 is 0 Å². The summed E-state index contributed by atoms with van der Waals surface area (Å²) in [6.07, 6.45) is 1.59. The van der Waals surface area contributed by atoms with Crippen LogP contribution in [0.1, 0.15) is 47.6 Å². The van der Waals surface area contributed by atoms with Crippen molar-refractivity contribution in [3.63, 3.8) is 0 Å². The molecular formula is C28H14F5NS. The molecule has 7 heteroatoms. The van der Waals surface area contributed by atoms with Crippen molar-refractivity contribution in [2.24, 2.45) is 4.99 Å². The predicted molar refractivity (Wildman–Crippen MR) is 128 cm³/mol. The third kappa shape index (κ3) is 6.66. The van der Waals surface area contributed by atoms with Crippen LogP contribution in [0.25, 0.3) is 0 Å². The summed E-state index contributed by atoms with van der Waals surface area (Å²) in [7, 11) is 0. The van der Waals surface area contributed by atoms with Gasteiger partial charge in [-0.05, 0) is 61.1 Å². The van der Waals surface area contributed by atoms with Gasteiger partial charge in [-0.3, -0.25) is 0 Å². The molecule has 0 amide bonds. The molecule has 0 N–H and O–H groups in total. The van der Waals surface area contributed by atoms with Crippen LogP contribution in [0.4, 0.5) is 27.6 Å². The Morgan fingerprint density at radius 3 is 1.83 bits per heavy atom. The molecule has 0 unspecified atom stereocenters. The van der Waals surface area contributed by atoms with E-state index in [4.69, 9.17) is 0 Å². The van der Waals surface area contributed by atoms with Gasteiger partial charge in [0.1, 0.15) is 23.1 Å². The lowest BCUT2D eigenvalue weighted by molar-refractivity contribution is 0.577. The second kappa shape index (κ2) is 11.8. The summed E-state index contributed by atoms with van der Waals surface area (Å²) in [5.41, 5.74) is -0.913. The fraction of sp³-hybridized carbons (Fsp3) is 0.107. The molecule has 0 heterocycles. The first kappa shape index (κ1) is 25.4. The highest BCUT2D eigenvalue weighted by atomic mass is 32.1. The molecule has 0 aliphatic heterocycles. The minimum Gasteiger partial charge on any atom is -0.206 e. The van der Waals surface area contributed by atoms with Crippen molar-refractivity contribution in [3.8, 4) is 35.5 Å². The van der Waals surface area contributed by atoms with E-state index in [1.54, 1.807) is 6.07 Å². The van der Waals surface area contributed by atoms with E-state index in [0.29, 0.717) is 12.0 Å². The van der Waals surface area contributed by atoms with Gasteiger partial charge in [0.15, 0.2) is 11.6 Å². The minimum absolute atomic E-state index is 0.0428. The first-order chi connectivity index (χ1) is 16.8. The average Bonchev–Trinajstić information content (AvgIpc) is 2.80. The summed E-state index contributed by atoms with van der Waals surface area (Å²) in [6, 6.07) is 7.86. The SMILES string of the molecule is CCCC#Cc1ccc(C#Cc2cc(F)c(C#Cc3cc(F)c(N=C=S)c(F)c3)c(F)c2)c(F)c1. The molecule has 3 aromatic rings. The summed E-state index contributed by atoms with van der Waals surface area (Å²) in [6.45, 7) is 1.99. The zero-order valence-electron chi connectivity index (χ0n) is 18.2. The van der Waals surface area contributed by atoms with Gasteiger partial charge in [0.05, 0.1) is 16.3 Å². The van der Waals surface area contributed by atoms with E-state index in [1.165, 1.54) is 12.1 Å². The van der Waals surface area contributed by atoms with E-state index in [1.807, 2.05) is 12.1 Å². The molecule has 0 atom stereocenters. The number of hydrogen-bond acceptors (Lipinski definition) is 2. The highest BCUT2D eigenvalue weighted by Crippen LogP contribution is 2.23. The van der Waals surface area contributed by atoms with Crippen molar-refractivity contribution in [1.29, 1.82) is 0 Å². The Morgan fingerprint density at radius 2 is 1.26 bits per heavy atom. The molecule has 0 aromatic heterocycles. The van der Waals surface area contributed by atoms with E-state index in [2.05, 4.69) is 52.7 Å². The molecule has 1 nitrogen and oxygen atoms in total. The minimum atomic E-state index is -1.05. The summed E-state index contributed by atoms with van der Waals surface area (Å²) >= 11 is 4.32. The second-order valence-electron chi connectivity index (χ2n) is 7.05. The molecule has 0 spiro atoms. The maximum absolute atomic E-state index is 14.5. The number of aliphatic imine (C=N–C) groups is 1. The van der Waals surface area contributed by atoms with Crippen molar-refractivity contribution in [3.05, 3.63) is 99.4 Å². The lowest BCUT2D eigenvalue weighted by Crippen LogP contribution is -1.93. The molecule has 0 fully saturated rings. The number of thiocarbonyl (C=S) groups is 1. The molecule has 0 aliphatic carbocycles. The molecule has 0 bridgehead atoms. The fourth-order valence-electron chi connectivity index (χ4n) is 2.81. The van der Waals surface area contributed by atoms with Crippen LogP contribution in [-0.4, -0.2) is 5.16 Å². The van der Waals surface area contributed by atoms with Gasteiger partial charge in [-0.2, -0.15) is 4.99 Å². The number of unbranched alkanes of at least 4 members (excludes halogenated alkanes) is 1. The normalized spacial score (nSPS) is 9.54. The molecule has 172 valence electrons. The van der Waals surface area contributed by atoms with E-state index < -0.39 is 40.3 Å². The monoisotopic (exact) mass is 491 g/mol. The summed E-state index contributed by atoms with van der Waals surface area (Å²) in [5, 5.41) is 1.85. The Kier molecular flexibility index (Phi) is 8.55. The first-order valence-corrected chi connectivity index (χ1v) is 10.6. The average molecular weight is 491 g/mol. The van der Waals surface area contributed by atoms with Gasteiger partial charge in [0.25, 0.3) is 0 Å². The number of halogens is 5. The van der Waals surface area contributed by atoms with E-state index in [0.717, 1.165) is 30.7 Å². The maximum atomic E-state index is 14.5. The zero-order valence-corrected chi connectivity index (χ0v) is 19.0. The van der Waals surface area contributed by atoms with Crippen LogP contribution in [-0.2, 0) is 0 Å². The molecule has 0 aliphatic rings. The number of hydrogen-bond donors (Lipinski definition) is 0. The third-order valence-corrected chi connectivity index (χ3v) is 4.56. The Morgan fingerprint density at radius 1 is 0.686 bits per heavy atom. The zero-order chi connectivity index (χ0) is 25.4. The lowest BCUT2D eigenvalue weighted by Gasteiger charge is -2.00. The summed E-state index contributed by atoms with van der Waals surface area (Å²) in [5.74, 6) is 10.6. The third-order valence-electron chi connectivity index (χ3n) is 4.47. The fourth-order valence-corrected chi connectivity index (χ4v) is 2.90. The standard InChI is InChI=1S/C28H14F5NS/c1-2-3-4-5-18-6-9-21(23(29)12-18)10-7-19-13-24(30)22(25(31)14-19)11-8-20-15-26(32)28(34-17-35)27(33)16-20/h6,9,12-16H,2-3H2,1H3. The summed E-state index contributed by atoms with van der Waals surface area (Å²) in [4.78, 5) is 3.27. The molecular weight excluding hydrogens is 477 g/mol. The number of nitrogens with zero attached hydrogens (tertiary/aromatic N) is 1. The quantitative estimate of drug-likeness (QED) is 0.162. The topological polar surface area (TPSA) is 12.4 Å². The van der Waals surface area contributed by atoms with E-state index >= 15 is 0 Å². The van der Waals surface area contributed by atoms with Crippen molar-refractivity contribution >= 4 is 23.1 Å². The van der Waals surface area contributed by atoms with Crippen molar-refractivity contribution < 1.29 is 22.0 Å². The van der Waals surface area contributed by atoms with Gasteiger partial charge in [-0.15, -0.1) is 0 Å². The maximum Gasteiger partial charge on any atom is 0.153 e.